The zero-order valence-electron chi connectivity index (χ0n) is 16.3. The van der Waals surface area contributed by atoms with E-state index < -0.39 is 0 Å². The van der Waals surface area contributed by atoms with E-state index in [2.05, 4.69) is 64.7 Å². The van der Waals surface area contributed by atoms with Crippen molar-refractivity contribution in [2.45, 2.75) is 26.3 Å². The van der Waals surface area contributed by atoms with Gasteiger partial charge in [-0.05, 0) is 47.4 Å². The predicted octanol–water partition coefficient (Wildman–Crippen LogP) is 6.43. The molecule has 4 rings (SSSR count). The number of hydrogen-bond donors (Lipinski definition) is 2. The van der Waals surface area contributed by atoms with Gasteiger partial charge in [-0.25, -0.2) is 4.98 Å². The maximum absolute atomic E-state index is 6.61. The third-order valence-electron chi connectivity index (χ3n) is 5.08. The first-order chi connectivity index (χ1) is 14.1. The predicted molar refractivity (Wildman–Crippen MR) is 123 cm³/mol. The average Bonchev–Trinajstić information content (AvgIpc) is 3.13. The lowest BCUT2D eigenvalue weighted by atomic mass is 9.97. The molecule has 0 radical (unpaired) electrons. The molecule has 0 aliphatic heterocycles. The van der Waals surface area contributed by atoms with Crippen LogP contribution in [0.1, 0.15) is 23.9 Å². The summed E-state index contributed by atoms with van der Waals surface area (Å²) in [5.74, 6) is 0.958. The van der Waals surface area contributed by atoms with Crippen LogP contribution in [0.15, 0.2) is 60.7 Å². The van der Waals surface area contributed by atoms with Crippen LogP contribution in [0.2, 0.25) is 10.0 Å². The molecular weight excluding hydrogens is 401 g/mol. The fourth-order valence-corrected chi connectivity index (χ4v) is 4.05. The molecule has 4 aromatic rings. The van der Waals surface area contributed by atoms with Crippen LogP contribution < -0.4 is 5.32 Å². The second-order valence-electron chi connectivity index (χ2n) is 7.10. The van der Waals surface area contributed by atoms with Crippen LogP contribution in [0.3, 0.4) is 0 Å². The van der Waals surface area contributed by atoms with Gasteiger partial charge in [0.15, 0.2) is 0 Å². The van der Waals surface area contributed by atoms with Gasteiger partial charge >= 0.3 is 0 Å². The topological polar surface area (TPSA) is 40.7 Å². The monoisotopic (exact) mass is 423 g/mol. The Morgan fingerprint density at radius 3 is 2.66 bits per heavy atom. The summed E-state index contributed by atoms with van der Waals surface area (Å²) in [6, 6.07) is 20.5. The van der Waals surface area contributed by atoms with E-state index in [9.17, 15) is 0 Å². The van der Waals surface area contributed by atoms with E-state index in [0.29, 0.717) is 5.02 Å². The van der Waals surface area contributed by atoms with Gasteiger partial charge in [-0.1, -0.05) is 66.5 Å². The van der Waals surface area contributed by atoms with Crippen LogP contribution in [0, 0.1) is 0 Å². The zero-order valence-corrected chi connectivity index (χ0v) is 17.8. The maximum Gasteiger partial charge on any atom is 0.108 e. The fraction of sp³-hybridized carbons (Fsp3) is 0.208. The molecule has 5 heteroatoms. The van der Waals surface area contributed by atoms with Crippen molar-refractivity contribution in [3.8, 4) is 11.1 Å². The quantitative estimate of drug-likeness (QED) is 0.336. The Kier molecular flexibility index (Phi) is 6.19. The van der Waals surface area contributed by atoms with Crippen LogP contribution in [0.5, 0.6) is 0 Å². The van der Waals surface area contributed by atoms with Crippen LogP contribution in [-0.2, 0) is 19.4 Å². The number of hydrogen-bond acceptors (Lipinski definition) is 2. The summed E-state index contributed by atoms with van der Waals surface area (Å²) in [5, 5.41) is 4.98. The fourth-order valence-electron chi connectivity index (χ4n) is 3.57. The van der Waals surface area contributed by atoms with Gasteiger partial charge in [0.25, 0.3) is 0 Å². The number of aromatic nitrogens is 2. The molecule has 148 valence electrons. The van der Waals surface area contributed by atoms with E-state index in [0.717, 1.165) is 53.4 Å². The molecule has 0 bridgehead atoms. The van der Waals surface area contributed by atoms with Crippen molar-refractivity contribution in [3.63, 3.8) is 0 Å². The summed E-state index contributed by atoms with van der Waals surface area (Å²) in [5.41, 5.74) is 6.70. The lowest BCUT2D eigenvalue weighted by molar-refractivity contribution is 0.675. The molecule has 2 N–H and O–H groups in total. The van der Waals surface area contributed by atoms with Crippen LogP contribution >= 0.6 is 23.2 Å². The number of benzene rings is 3. The van der Waals surface area contributed by atoms with E-state index in [4.69, 9.17) is 23.2 Å². The van der Waals surface area contributed by atoms with Gasteiger partial charge in [-0.15, -0.1) is 0 Å². The number of halogens is 2. The normalized spacial score (nSPS) is 11.3. The third-order valence-corrected chi connectivity index (χ3v) is 5.63. The number of H-pyrrole nitrogens is 1. The number of rotatable bonds is 7. The van der Waals surface area contributed by atoms with Gasteiger partial charge in [-0.3, -0.25) is 0 Å². The lowest BCUT2D eigenvalue weighted by Crippen LogP contribution is -2.17. The van der Waals surface area contributed by atoms with Crippen LogP contribution in [0.25, 0.3) is 22.2 Å². The Labute approximate surface area is 181 Å². The molecule has 1 heterocycles. The summed E-state index contributed by atoms with van der Waals surface area (Å²) in [7, 11) is 0. The second-order valence-corrected chi connectivity index (χ2v) is 7.94. The van der Waals surface area contributed by atoms with Crippen molar-refractivity contribution in [1.29, 1.82) is 0 Å². The largest absolute Gasteiger partial charge is 0.342 e. The van der Waals surface area contributed by atoms with Crippen LogP contribution in [0.4, 0.5) is 0 Å². The van der Waals surface area contributed by atoms with Crippen molar-refractivity contribution in [3.05, 3.63) is 87.7 Å². The Morgan fingerprint density at radius 1 is 0.966 bits per heavy atom. The number of fused-ring (bicyclic) bond motifs is 1. The van der Waals surface area contributed by atoms with Gasteiger partial charge in [-0.2, -0.15) is 0 Å². The molecule has 0 unspecified atom stereocenters. The first-order valence-electron chi connectivity index (χ1n) is 9.85. The Balaban J connectivity index is 1.37. The first-order valence-corrected chi connectivity index (χ1v) is 10.6. The summed E-state index contributed by atoms with van der Waals surface area (Å²) < 4.78 is 0. The molecule has 0 fully saturated rings. The molecule has 0 amide bonds. The molecule has 1 aromatic heterocycles. The summed E-state index contributed by atoms with van der Waals surface area (Å²) in [4.78, 5) is 7.92. The first kappa shape index (κ1) is 20.0. The Bertz CT molecular complexity index is 1130. The highest BCUT2D eigenvalue weighted by molar-refractivity contribution is 6.33. The SMILES string of the molecule is CCc1ccccc1-c1ccc(CNCCc2nc3ccc(Cl)cc3[nH]2)cc1Cl. The number of aromatic amines is 1. The molecule has 0 atom stereocenters. The molecule has 29 heavy (non-hydrogen) atoms. The number of aryl methyl sites for hydroxylation is 1. The average molecular weight is 424 g/mol. The van der Waals surface area contributed by atoms with Gasteiger partial charge < -0.3 is 10.3 Å². The van der Waals surface area contributed by atoms with E-state index in [1.54, 1.807) is 0 Å². The molecule has 0 spiro atoms. The third kappa shape index (κ3) is 4.64. The minimum Gasteiger partial charge on any atom is -0.342 e. The van der Waals surface area contributed by atoms with E-state index in [1.807, 2.05) is 18.2 Å². The van der Waals surface area contributed by atoms with E-state index in [-0.39, 0.29) is 0 Å². The molecule has 3 nitrogen and oxygen atoms in total. The minimum atomic E-state index is 0.715. The van der Waals surface area contributed by atoms with Gasteiger partial charge in [0.05, 0.1) is 11.0 Å². The van der Waals surface area contributed by atoms with Crippen molar-refractivity contribution in [2.75, 3.05) is 6.54 Å². The van der Waals surface area contributed by atoms with E-state index in [1.165, 1.54) is 16.7 Å². The highest BCUT2D eigenvalue weighted by Gasteiger charge is 2.08. The summed E-state index contributed by atoms with van der Waals surface area (Å²) >= 11 is 12.6. The Morgan fingerprint density at radius 2 is 1.83 bits per heavy atom. The Hall–Kier alpha value is -2.33. The van der Waals surface area contributed by atoms with Crippen molar-refractivity contribution < 1.29 is 0 Å². The van der Waals surface area contributed by atoms with Gasteiger partial charge in [0.2, 0.25) is 0 Å². The summed E-state index contributed by atoms with van der Waals surface area (Å²) in [6.07, 6.45) is 1.81. The molecule has 3 aromatic carbocycles. The number of nitrogens with zero attached hydrogens (tertiary/aromatic N) is 1. The van der Waals surface area contributed by atoms with Crippen molar-refractivity contribution in [2.24, 2.45) is 0 Å². The van der Waals surface area contributed by atoms with Crippen molar-refractivity contribution >= 4 is 34.2 Å². The van der Waals surface area contributed by atoms with Crippen LogP contribution in [-0.4, -0.2) is 16.5 Å². The lowest BCUT2D eigenvalue weighted by Gasteiger charge is -2.11. The van der Waals surface area contributed by atoms with E-state index >= 15 is 0 Å². The van der Waals surface area contributed by atoms with Crippen molar-refractivity contribution in [1.82, 2.24) is 15.3 Å². The standard InChI is InChI=1S/C24H23Cl2N3/c1-2-17-5-3-4-6-19(17)20-9-7-16(13-21(20)26)15-27-12-11-24-28-22-10-8-18(25)14-23(22)29-24/h3-10,13-14,27H,2,11-12,15H2,1H3,(H,28,29). The maximum atomic E-state index is 6.61. The second kappa shape index (κ2) is 9.00. The minimum absolute atomic E-state index is 0.715. The molecule has 0 saturated heterocycles. The van der Waals surface area contributed by atoms with Gasteiger partial charge in [0, 0.05) is 35.1 Å². The molecule has 0 saturated carbocycles. The molecular formula is C24H23Cl2N3. The highest BCUT2D eigenvalue weighted by atomic mass is 35.5. The number of nitrogens with one attached hydrogen (secondary N) is 2. The smallest absolute Gasteiger partial charge is 0.108 e. The van der Waals surface area contributed by atoms with Gasteiger partial charge in [0.1, 0.15) is 5.82 Å². The molecule has 0 aliphatic carbocycles. The zero-order chi connectivity index (χ0) is 20.2. The highest BCUT2D eigenvalue weighted by Crippen LogP contribution is 2.31. The summed E-state index contributed by atoms with van der Waals surface area (Å²) in [6.45, 7) is 3.76. The number of imidazole rings is 1. The molecule has 0 aliphatic rings.